The first kappa shape index (κ1) is 15.5. The minimum Gasteiger partial charge on any atom is -0.423 e. The van der Waals surface area contributed by atoms with Crippen molar-refractivity contribution in [3.05, 3.63) is 48.0 Å². The fraction of sp³-hybridized carbons (Fsp3) is 0.188. The van der Waals surface area contributed by atoms with Crippen LogP contribution in [0.4, 0.5) is 0 Å². The Balaban J connectivity index is 2.80. The monoisotopic (exact) mass is 295 g/mol. The molecule has 3 nitrogen and oxygen atoms in total. The third kappa shape index (κ3) is 3.08. The van der Waals surface area contributed by atoms with Crippen molar-refractivity contribution in [3.63, 3.8) is 0 Å². The minimum absolute atomic E-state index is 0.449. The van der Waals surface area contributed by atoms with Crippen LogP contribution >= 0.6 is 0 Å². The predicted octanol–water partition coefficient (Wildman–Crippen LogP) is 1.45. The largest absolute Gasteiger partial charge is 0.488 e. The van der Waals surface area contributed by atoms with Crippen LogP contribution in [0, 0.1) is 11.3 Å². The van der Waals surface area contributed by atoms with Crippen molar-refractivity contribution in [2.45, 2.75) is 19.6 Å². The van der Waals surface area contributed by atoms with Gasteiger partial charge >= 0.3 is 7.12 Å². The number of rotatable bonds is 3. The Morgan fingerprint density at radius 1 is 1.00 bits per heavy atom. The highest BCUT2D eigenvalue weighted by molar-refractivity contribution is 6.92. The van der Waals surface area contributed by atoms with Gasteiger partial charge in [-0.2, -0.15) is 5.26 Å². The summed E-state index contributed by atoms with van der Waals surface area (Å²) in [5, 5.41) is 29.7. The van der Waals surface area contributed by atoms with Crippen molar-refractivity contribution in [1.29, 1.82) is 5.26 Å². The molecule has 0 bridgehead atoms. The van der Waals surface area contributed by atoms with Crippen LogP contribution in [0.2, 0.25) is 19.6 Å². The lowest BCUT2D eigenvalue weighted by Gasteiger charge is -2.24. The van der Waals surface area contributed by atoms with Crippen LogP contribution in [0.15, 0.2) is 42.5 Å². The molecule has 2 N–H and O–H groups in total. The standard InChI is InChI=1S/C16H18BNO2Si/c1-21(2,3)16-14(11-18)13(9-10-15(16)17(19)20)12-7-5-4-6-8-12/h4-10,19-20H,1-3H3. The average Bonchev–Trinajstić information content (AvgIpc) is 2.45. The predicted molar refractivity (Wildman–Crippen MR) is 89.4 cm³/mol. The van der Waals surface area contributed by atoms with Crippen molar-refractivity contribution in [2.75, 3.05) is 0 Å². The molecule has 0 saturated carbocycles. The summed E-state index contributed by atoms with van der Waals surface area (Å²) in [4.78, 5) is 0. The van der Waals surface area contributed by atoms with Gasteiger partial charge in [0.2, 0.25) is 0 Å². The van der Waals surface area contributed by atoms with E-state index in [1.807, 2.05) is 30.3 Å². The SMILES string of the molecule is C[Si](C)(C)c1c(B(O)O)ccc(-c2ccccc2)c1C#N. The lowest BCUT2D eigenvalue weighted by Crippen LogP contribution is -2.54. The fourth-order valence-electron chi connectivity index (χ4n) is 2.62. The van der Waals surface area contributed by atoms with E-state index >= 15 is 0 Å². The Morgan fingerprint density at radius 2 is 1.62 bits per heavy atom. The number of nitrogens with zero attached hydrogens (tertiary/aromatic N) is 1. The van der Waals surface area contributed by atoms with Crippen LogP contribution in [-0.4, -0.2) is 25.2 Å². The molecule has 0 unspecified atom stereocenters. The molecule has 0 aliphatic heterocycles. The fourth-order valence-corrected chi connectivity index (χ4v) is 4.64. The zero-order chi connectivity index (χ0) is 15.6. The van der Waals surface area contributed by atoms with Gasteiger partial charge in [0, 0.05) is 0 Å². The normalized spacial score (nSPS) is 11.0. The molecule has 0 radical (unpaired) electrons. The van der Waals surface area contributed by atoms with Gasteiger partial charge in [-0.25, -0.2) is 0 Å². The topological polar surface area (TPSA) is 64.2 Å². The molecule has 0 fully saturated rings. The Morgan fingerprint density at radius 3 is 2.10 bits per heavy atom. The molecular formula is C16H18BNO2Si. The summed E-state index contributed by atoms with van der Waals surface area (Å²) < 4.78 is 0. The third-order valence-corrected chi connectivity index (χ3v) is 5.50. The second-order valence-corrected chi connectivity index (χ2v) is 11.1. The lowest BCUT2D eigenvalue weighted by molar-refractivity contribution is 0.426. The second-order valence-electron chi connectivity index (χ2n) is 6.05. The van der Waals surface area contributed by atoms with Gasteiger partial charge in [-0.15, -0.1) is 0 Å². The van der Waals surface area contributed by atoms with Gasteiger partial charge in [-0.05, 0) is 21.8 Å². The van der Waals surface area contributed by atoms with Gasteiger partial charge in [0.05, 0.1) is 19.7 Å². The van der Waals surface area contributed by atoms with Crippen LogP contribution in [0.25, 0.3) is 11.1 Å². The van der Waals surface area contributed by atoms with E-state index in [0.717, 1.165) is 16.3 Å². The van der Waals surface area contributed by atoms with E-state index in [-0.39, 0.29) is 0 Å². The summed E-state index contributed by atoms with van der Waals surface area (Å²) >= 11 is 0. The molecule has 106 valence electrons. The zero-order valence-corrected chi connectivity index (χ0v) is 13.5. The highest BCUT2D eigenvalue weighted by atomic mass is 28.3. The van der Waals surface area contributed by atoms with Gasteiger partial charge in [0.1, 0.15) is 0 Å². The molecular weight excluding hydrogens is 277 g/mol. The van der Waals surface area contributed by atoms with Crippen molar-refractivity contribution in [3.8, 4) is 17.2 Å². The van der Waals surface area contributed by atoms with E-state index < -0.39 is 15.2 Å². The van der Waals surface area contributed by atoms with Gasteiger partial charge in [-0.3, -0.25) is 0 Å². The summed E-state index contributed by atoms with van der Waals surface area (Å²) in [6.45, 7) is 6.30. The molecule has 5 heteroatoms. The van der Waals surface area contributed by atoms with Crippen molar-refractivity contribution in [2.24, 2.45) is 0 Å². The highest BCUT2D eigenvalue weighted by Crippen LogP contribution is 2.23. The number of hydrogen-bond donors (Lipinski definition) is 2. The van der Waals surface area contributed by atoms with Crippen LogP contribution < -0.4 is 10.6 Å². The first-order valence-corrected chi connectivity index (χ1v) is 10.4. The van der Waals surface area contributed by atoms with E-state index in [2.05, 4.69) is 25.7 Å². The Hall–Kier alpha value is -1.87. The molecule has 2 rings (SSSR count). The minimum atomic E-state index is -1.91. The van der Waals surface area contributed by atoms with Gasteiger partial charge < -0.3 is 10.0 Å². The number of hydrogen-bond acceptors (Lipinski definition) is 3. The summed E-state index contributed by atoms with van der Waals surface area (Å²) in [5.41, 5.74) is 2.82. The Bertz CT molecular complexity index is 688. The Labute approximate surface area is 126 Å². The van der Waals surface area contributed by atoms with Crippen LogP contribution in [0.3, 0.4) is 0 Å². The van der Waals surface area contributed by atoms with Crippen LogP contribution in [-0.2, 0) is 0 Å². The van der Waals surface area contributed by atoms with E-state index in [4.69, 9.17) is 0 Å². The quantitative estimate of drug-likeness (QED) is 0.842. The van der Waals surface area contributed by atoms with Crippen molar-refractivity contribution in [1.82, 2.24) is 0 Å². The first-order valence-electron chi connectivity index (χ1n) is 6.85. The molecule has 2 aromatic rings. The smallest absolute Gasteiger partial charge is 0.423 e. The van der Waals surface area contributed by atoms with E-state index in [1.165, 1.54) is 0 Å². The van der Waals surface area contributed by atoms with Crippen molar-refractivity contribution >= 4 is 25.8 Å². The van der Waals surface area contributed by atoms with Crippen LogP contribution in [0.5, 0.6) is 0 Å². The second kappa shape index (κ2) is 5.86. The summed E-state index contributed by atoms with van der Waals surface area (Å²) in [6, 6.07) is 15.5. The molecule has 0 spiro atoms. The molecule has 2 aromatic carbocycles. The Kier molecular flexibility index (Phi) is 4.33. The molecule has 0 heterocycles. The first-order chi connectivity index (χ1) is 9.86. The van der Waals surface area contributed by atoms with Gasteiger partial charge in [-0.1, -0.05) is 62.1 Å². The van der Waals surface area contributed by atoms with E-state index in [9.17, 15) is 15.3 Å². The molecule has 0 aromatic heterocycles. The average molecular weight is 295 g/mol. The van der Waals surface area contributed by atoms with Gasteiger partial charge in [0.15, 0.2) is 0 Å². The van der Waals surface area contributed by atoms with E-state index in [0.29, 0.717) is 11.0 Å². The molecule has 0 atom stereocenters. The summed E-state index contributed by atoms with van der Waals surface area (Å²) in [5.74, 6) is 0. The zero-order valence-electron chi connectivity index (χ0n) is 12.5. The highest BCUT2D eigenvalue weighted by Gasteiger charge is 2.30. The van der Waals surface area contributed by atoms with Gasteiger partial charge in [0.25, 0.3) is 0 Å². The van der Waals surface area contributed by atoms with Crippen LogP contribution in [0.1, 0.15) is 5.56 Å². The number of nitriles is 1. The summed E-state index contributed by atoms with van der Waals surface area (Å²) in [6.07, 6.45) is 0. The third-order valence-electron chi connectivity index (χ3n) is 3.46. The molecule has 0 aliphatic rings. The molecule has 21 heavy (non-hydrogen) atoms. The summed E-state index contributed by atoms with van der Waals surface area (Å²) in [7, 11) is -3.47. The maximum atomic E-state index is 9.64. The molecule has 0 saturated heterocycles. The van der Waals surface area contributed by atoms with Crippen molar-refractivity contribution < 1.29 is 10.0 Å². The maximum Gasteiger partial charge on any atom is 0.488 e. The molecule has 0 aliphatic carbocycles. The number of benzene rings is 2. The lowest BCUT2D eigenvalue weighted by atomic mass is 9.78. The maximum absolute atomic E-state index is 9.64. The van der Waals surface area contributed by atoms with E-state index in [1.54, 1.807) is 12.1 Å². The molecule has 0 amide bonds.